The first-order valence-corrected chi connectivity index (χ1v) is 13.4. The van der Waals surface area contributed by atoms with Crippen molar-refractivity contribution in [3.8, 4) is 22.3 Å². The third-order valence-corrected chi connectivity index (χ3v) is 8.72. The van der Waals surface area contributed by atoms with Crippen LogP contribution in [0.4, 0.5) is 0 Å². The Balaban J connectivity index is 0.00000168. The zero-order chi connectivity index (χ0) is 24.9. The lowest BCUT2D eigenvalue weighted by Crippen LogP contribution is -3.00. The number of halogens is 2. The lowest BCUT2D eigenvalue weighted by molar-refractivity contribution is -0.921. The average molecular weight is 635 g/mol. The second-order valence-corrected chi connectivity index (χ2v) is 11.9. The van der Waals surface area contributed by atoms with Gasteiger partial charge in [-0.15, -0.1) is 0 Å². The Morgan fingerprint density at radius 1 is 0.421 bits per heavy atom. The maximum Gasteiger partial charge on any atom is 0.141 e. The van der Waals surface area contributed by atoms with Gasteiger partial charge in [-0.05, 0) is 22.3 Å². The van der Waals surface area contributed by atoms with Crippen LogP contribution >= 0.6 is 0 Å². The van der Waals surface area contributed by atoms with E-state index in [1.54, 1.807) is 0 Å². The van der Waals surface area contributed by atoms with Crippen molar-refractivity contribution < 1.29 is 42.9 Å². The Bertz CT molecular complexity index is 1230. The number of hydrogen-bond acceptors (Lipinski definition) is 0. The van der Waals surface area contributed by atoms with Gasteiger partial charge in [-0.1, -0.05) is 97.1 Å². The quantitative estimate of drug-likeness (QED) is 0.214. The van der Waals surface area contributed by atoms with E-state index in [4.69, 9.17) is 0 Å². The smallest absolute Gasteiger partial charge is 0.141 e. The summed E-state index contributed by atoms with van der Waals surface area (Å²) < 4.78 is 1.99. The molecule has 4 aromatic rings. The molecule has 38 heavy (non-hydrogen) atoms. The van der Waals surface area contributed by atoms with Crippen LogP contribution in [-0.2, 0) is 0 Å². The summed E-state index contributed by atoms with van der Waals surface area (Å²) in [5.41, 5.74) is 11.6. The molecule has 4 heteroatoms. The molecule has 0 bridgehead atoms. The summed E-state index contributed by atoms with van der Waals surface area (Å²) in [4.78, 5) is 0. The van der Waals surface area contributed by atoms with E-state index in [0.717, 1.165) is 8.97 Å². The van der Waals surface area contributed by atoms with Gasteiger partial charge < -0.3 is 42.9 Å². The highest BCUT2D eigenvalue weighted by Crippen LogP contribution is 2.49. The van der Waals surface area contributed by atoms with Crippen LogP contribution in [0.15, 0.2) is 97.1 Å². The van der Waals surface area contributed by atoms with Gasteiger partial charge in [-0.2, -0.15) is 0 Å². The maximum absolute atomic E-state index is 2.42. The van der Waals surface area contributed by atoms with Crippen molar-refractivity contribution in [2.75, 3.05) is 41.3 Å². The van der Waals surface area contributed by atoms with E-state index in [9.17, 15) is 0 Å². The lowest BCUT2D eigenvalue weighted by atomic mass is 10.00. The molecular weight excluding hydrogens is 596 g/mol. The van der Waals surface area contributed by atoms with Gasteiger partial charge >= 0.3 is 0 Å². The highest BCUT2D eigenvalue weighted by molar-refractivity contribution is 5.78. The second kappa shape index (κ2) is 11.1. The predicted molar refractivity (Wildman–Crippen MR) is 151 cm³/mol. The Morgan fingerprint density at radius 2 is 0.658 bits per heavy atom. The number of rotatable bonds is 7. The fourth-order valence-electron chi connectivity index (χ4n) is 7.06. The molecule has 0 unspecified atom stereocenters. The Kier molecular flexibility index (Phi) is 8.40. The minimum Gasteiger partial charge on any atom is -1.00 e. The number of unbranched alkanes of at least 4 members (excludes halogenated alkanes) is 1. The Hall–Kier alpha value is -2.24. The highest BCUT2D eigenvalue weighted by atomic mass is 79.9. The lowest BCUT2D eigenvalue weighted by Gasteiger charge is -2.39. The van der Waals surface area contributed by atoms with Gasteiger partial charge in [0.2, 0.25) is 0 Å². The van der Waals surface area contributed by atoms with Gasteiger partial charge in [0.05, 0.1) is 41.3 Å². The number of benzene rings is 4. The summed E-state index contributed by atoms with van der Waals surface area (Å²) in [6.07, 6.45) is 2.46. The maximum atomic E-state index is 2.42. The van der Waals surface area contributed by atoms with Crippen molar-refractivity contribution in [3.63, 3.8) is 0 Å². The molecule has 2 aliphatic carbocycles. The third kappa shape index (κ3) is 4.81. The van der Waals surface area contributed by atoms with E-state index in [0.29, 0.717) is 12.1 Å². The Morgan fingerprint density at radius 3 is 0.921 bits per heavy atom. The summed E-state index contributed by atoms with van der Waals surface area (Å²) in [6.45, 7) is 2.34. The SMILES string of the molecule is C[N+](C)(CCCC[N+](C)(C)C1c2ccccc2-c2ccccc21)C1c2ccccc2-c2ccccc21.[Br-].[Br-]. The average Bonchev–Trinajstić information content (AvgIpc) is 3.41. The summed E-state index contributed by atoms with van der Waals surface area (Å²) in [5, 5.41) is 0. The number of fused-ring (bicyclic) bond motifs is 6. The molecule has 4 aromatic carbocycles. The highest BCUT2D eigenvalue weighted by Gasteiger charge is 2.41. The van der Waals surface area contributed by atoms with Crippen LogP contribution in [0.25, 0.3) is 22.3 Å². The standard InChI is InChI=1S/C34H38N2.2BrH/c1-35(2,33-29-19-9-5-15-25(29)26-16-6-10-20-30(26)33)23-13-14-24-36(3,4)34-31-21-11-7-17-27(31)28-18-8-12-22-32(28)34;;/h5-12,15-22,33-34H,13-14,23-24H2,1-4H3;2*1H/q+2;;/p-2. The number of hydrogen-bond donors (Lipinski definition) is 0. The topological polar surface area (TPSA) is 0 Å². The summed E-state index contributed by atoms with van der Waals surface area (Å²) >= 11 is 0. The van der Waals surface area contributed by atoms with Gasteiger partial charge in [0.1, 0.15) is 12.1 Å². The van der Waals surface area contributed by atoms with Crippen LogP contribution in [0.1, 0.15) is 47.2 Å². The van der Waals surface area contributed by atoms with Crippen LogP contribution < -0.4 is 34.0 Å². The molecular formula is C34H38Br2N2. The first-order valence-electron chi connectivity index (χ1n) is 13.4. The molecule has 0 heterocycles. The number of nitrogens with zero attached hydrogens (tertiary/aromatic N) is 2. The fourth-order valence-corrected chi connectivity index (χ4v) is 7.06. The summed E-state index contributed by atoms with van der Waals surface area (Å²) in [7, 11) is 9.69. The normalized spacial score (nSPS) is 14.1. The fraction of sp³-hybridized carbons (Fsp3) is 0.294. The molecule has 2 aliphatic rings. The van der Waals surface area contributed by atoms with Crippen LogP contribution in [0.3, 0.4) is 0 Å². The van der Waals surface area contributed by atoms with E-state index in [1.165, 1.54) is 70.4 Å². The van der Waals surface area contributed by atoms with Crippen molar-refractivity contribution >= 4 is 0 Å². The van der Waals surface area contributed by atoms with Gasteiger partial charge in [0, 0.05) is 35.1 Å². The van der Waals surface area contributed by atoms with Crippen molar-refractivity contribution in [1.82, 2.24) is 0 Å². The van der Waals surface area contributed by atoms with Crippen molar-refractivity contribution in [3.05, 3.63) is 119 Å². The predicted octanol–water partition coefficient (Wildman–Crippen LogP) is 1.47. The molecule has 0 radical (unpaired) electrons. The molecule has 0 fully saturated rings. The molecule has 0 amide bonds. The molecule has 0 spiro atoms. The van der Waals surface area contributed by atoms with E-state index in [1.807, 2.05) is 0 Å². The monoisotopic (exact) mass is 632 g/mol. The van der Waals surface area contributed by atoms with Gasteiger partial charge in [-0.25, -0.2) is 0 Å². The molecule has 0 saturated heterocycles. The largest absolute Gasteiger partial charge is 1.00 e. The molecule has 2 nitrogen and oxygen atoms in total. The minimum atomic E-state index is 0. The first kappa shape index (κ1) is 28.8. The zero-order valence-electron chi connectivity index (χ0n) is 22.9. The molecule has 0 aliphatic heterocycles. The van der Waals surface area contributed by atoms with Crippen molar-refractivity contribution in [2.45, 2.75) is 24.9 Å². The van der Waals surface area contributed by atoms with Crippen LogP contribution in [0.2, 0.25) is 0 Å². The molecule has 0 saturated carbocycles. The zero-order valence-corrected chi connectivity index (χ0v) is 26.0. The molecule has 6 rings (SSSR count). The molecule has 198 valence electrons. The van der Waals surface area contributed by atoms with Crippen molar-refractivity contribution in [2.24, 2.45) is 0 Å². The second-order valence-electron chi connectivity index (χ2n) is 11.9. The van der Waals surface area contributed by atoms with Gasteiger partial charge in [-0.3, -0.25) is 0 Å². The molecule has 0 N–H and O–H groups in total. The number of quaternary nitrogens is 2. The third-order valence-electron chi connectivity index (χ3n) is 8.72. The minimum absolute atomic E-state index is 0. The van der Waals surface area contributed by atoms with E-state index in [2.05, 4.69) is 125 Å². The summed E-state index contributed by atoms with van der Waals surface area (Å²) in [5.74, 6) is 0. The van der Waals surface area contributed by atoms with E-state index >= 15 is 0 Å². The van der Waals surface area contributed by atoms with Gasteiger partial charge in [0.25, 0.3) is 0 Å². The van der Waals surface area contributed by atoms with E-state index < -0.39 is 0 Å². The van der Waals surface area contributed by atoms with Crippen LogP contribution in [0, 0.1) is 0 Å². The van der Waals surface area contributed by atoms with Crippen LogP contribution in [-0.4, -0.2) is 50.2 Å². The Labute approximate surface area is 249 Å². The molecule has 0 aromatic heterocycles. The van der Waals surface area contributed by atoms with E-state index in [-0.39, 0.29) is 34.0 Å². The van der Waals surface area contributed by atoms with Gasteiger partial charge in [0.15, 0.2) is 0 Å². The van der Waals surface area contributed by atoms with Crippen LogP contribution in [0.5, 0.6) is 0 Å². The molecule has 0 atom stereocenters. The summed E-state index contributed by atoms with van der Waals surface area (Å²) in [6, 6.07) is 36.9. The van der Waals surface area contributed by atoms with Crippen molar-refractivity contribution in [1.29, 1.82) is 0 Å². The first-order chi connectivity index (χ1) is 17.4.